The summed E-state index contributed by atoms with van der Waals surface area (Å²) >= 11 is 0. The topological polar surface area (TPSA) is 46.6 Å². The molecule has 2 aliphatic heterocycles. The Hall–Kier alpha value is -1.84. The van der Waals surface area contributed by atoms with E-state index in [9.17, 15) is 9.59 Å². The van der Waals surface area contributed by atoms with Crippen LogP contribution < -0.4 is 0 Å². The zero-order valence-electron chi connectivity index (χ0n) is 14.0. The van der Waals surface area contributed by atoms with Crippen molar-refractivity contribution in [3.05, 3.63) is 35.4 Å². The highest BCUT2D eigenvalue weighted by atomic mass is 16.6. The number of hydrogen-bond donors (Lipinski definition) is 0. The first-order chi connectivity index (χ1) is 10.8. The summed E-state index contributed by atoms with van der Waals surface area (Å²) in [6.07, 6.45) is 2.23. The standard InChI is InChI=1S/C19H23NO3/c1-17(2)18(3)9-10-19(17,23-16(18)22)15(21)20-11-8-13-6-4-5-7-14(13)12-20/h4-7H,8-12H2,1-3H3/t18-,19-/m1/s1. The fourth-order valence-electron chi connectivity index (χ4n) is 4.65. The number of benzene rings is 1. The molecule has 4 heteroatoms. The second-order valence-electron chi connectivity index (χ2n) is 7.92. The first-order valence-electron chi connectivity index (χ1n) is 8.41. The average Bonchev–Trinajstić information content (AvgIpc) is 2.84. The first kappa shape index (κ1) is 14.7. The molecule has 23 heavy (non-hydrogen) atoms. The smallest absolute Gasteiger partial charge is 0.313 e. The van der Waals surface area contributed by atoms with Gasteiger partial charge in [0.25, 0.3) is 5.91 Å². The van der Waals surface area contributed by atoms with Crippen LogP contribution in [0, 0.1) is 10.8 Å². The minimum Gasteiger partial charge on any atom is -0.448 e. The highest BCUT2D eigenvalue weighted by molar-refractivity contribution is 5.96. The molecule has 2 fully saturated rings. The van der Waals surface area contributed by atoms with E-state index in [4.69, 9.17) is 4.74 Å². The minimum absolute atomic E-state index is 0.00780. The summed E-state index contributed by atoms with van der Waals surface area (Å²) in [6.45, 7) is 7.29. The summed E-state index contributed by atoms with van der Waals surface area (Å²) in [5.74, 6) is -0.217. The van der Waals surface area contributed by atoms with Crippen molar-refractivity contribution >= 4 is 11.9 Å². The summed E-state index contributed by atoms with van der Waals surface area (Å²) < 4.78 is 5.74. The van der Waals surface area contributed by atoms with Crippen LogP contribution in [-0.2, 0) is 27.3 Å². The molecule has 0 N–H and O–H groups in total. The van der Waals surface area contributed by atoms with Crippen molar-refractivity contribution in [1.29, 1.82) is 0 Å². The molecule has 2 atom stereocenters. The minimum atomic E-state index is -0.981. The van der Waals surface area contributed by atoms with Gasteiger partial charge < -0.3 is 9.64 Å². The summed E-state index contributed by atoms with van der Waals surface area (Å²) in [7, 11) is 0. The molecule has 0 spiro atoms. The molecule has 1 aromatic rings. The van der Waals surface area contributed by atoms with Crippen LogP contribution in [0.15, 0.2) is 24.3 Å². The van der Waals surface area contributed by atoms with Crippen molar-refractivity contribution in [3.63, 3.8) is 0 Å². The molecule has 1 saturated carbocycles. The normalized spacial score (nSPS) is 34.2. The quantitative estimate of drug-likeness (QED) is 0.749. The molecule has 0 unspecified atom stereocenters. The Bertz CT molecular complexity index is 710. The molecule has 122 valence electrons. The fraction of sp³-hybridized carbons (Fsp3) is 0.579. The third-order valence-electron chi connectivity index (χ3n) is 6.85. The van der Waals surface area contributed by atoms with Crippen LogP contribution in [-0.4, -0.2) is 28.9 Å². The van der Waals surface area contributed by atoms with Crippen molar-refractivity contribution in [2.75, 3.05) is 6.54 Å². The molecule has 2 heterocycles. The van der Waals surface area contributed by atoms with E-state index in [0.29, 0.717) is 19.5 Å². The van der Waals surface area contributed by atoms with E-state index >= 15 is 0 Å². The molecule has 1 aromatic carbocycles. The van der Waals surface area contributed by atoms with Gasteiger partial charge in [-0.25, -0.2) is 0 Å². The van der Waals surface area contributed by atoms with E-state index in [1.165, 1.54) is 11.1 Å². The second kappa shape index (κ2) is 4.37. The van der Waals surface area contributed by atoms with Crippen LogP contribution in [0.25, 0.3) is 0 Å². The van der Waals surface area contributed by atoms with Gasteiger partial charge in [-0.15, -0.1) is 0 Å². The van der Waals surface area contributed by atoms with Crippen LogP contribution in [0.1, 0.15) is 44.7 Å². The molecule has 4 rings (SSSR count). The van der Waals surface area contributed by atoms with E-state index in [1.807, 2.05) is 37.8 Å². The maximum Gasteiger partial charge on any atom is 0.313 e. The molecular weight excluding hydrogens is 290 g/mol. The summed E-state index contributed by atoms with van der Waals surface area (Å²) in [5.41, 5.74) is 0.520. The van der Waals surface area contributed by atoms with Gasteiger partial charge in [0.05, 0.1) is 5.41 Å². The van der Waals surface area contributed by atoms with E-state index in [-0.39, 0.29) is 11.9 Å². The number of carbonyl (C=O) groups excluding carboxylic acids is 2. The Morgan fingerprint density at radius 2 is 1.83 bits per heavy atom. The molecule has 1 saturated heterocycles. The van der Waals surface area contributed by atoms with Gasteiger partial charge in [0.15, 0.2) is 5.60 Å². The summed E-state index contributed by atoms with van der Waals surface area (Å²) in [4.78, 5) is 27.6. The highest BCUT2D eigenvalue weighted by Crippen LogP contribution is 2.66. The SMILES string of the molecule is CC1(C)[C@]2(C)CC[C@]1(C(=O)N1CCc3ccccc3C1)OC2=O. The lowest BCUT2D eigenvalue weighted by molar-refractivity contribution is -0.174. The second-order valence-corrected chi connectivity index (χ2v) is 7.92. The number of ether oxygens (including phenoxy) is 1. The van der Waals surface area contributed by atoms with E-state index in [0.717, 1.165) is 12.8 Å². The van der Waals surface area contributed by atoms with E-state index < -0.39 is 16.4 Å². The van der Waals surface area contributed by atoms with Crippen LogP contribution >= 0.6 is 0 Å². The molecular formula is C19H23NO3. The Morgan fingerprint density at radius 1 is 1.13 bits per heavy atom. The average molecular weight is 313 g/mol. The van der Waals surface area contributed by atoms with Crippen LogP contribution in [0.4, 0.5) is 0 Å². The lowest BCUT2D eigenvalue weighted by atomic mass is 9.66. The van der Waals surface area contributed by atoms with Crippen molar-refractivity contribution in [2.24, 2.45) is 10.8 Å². The van der Waals surface area contributed by atoms with Gasteiger partial charge in [0.1, 0.15) is 0 Å². The molecule has 2 bridgehead atoms. The predicted octanol–water partition coefficient (Wildman–Crippen LogP) is 2.69. The van der Waals surface area contributed by atoms with Gasteiger partial charge in [0.2, 0.25) is 0 Å². The van der Waals surface area contributed by atoms with Gasteiger partial charge in [-0.2, -0.15) is 0 Å². The molecule has 0 radical (unpaired) electrons. The Morgan fingerprint density at radius 3 is 2.43 bits per heavy atom. The maximum absolute atomic E-state index is 13.3. The van der Waals surface area contributed by atoms with Gasteiger partial charge >= 0.3 is 5.97 Å². The summed E-state index contributed by atoms with van der Waals surface area (Å²) in [6, 6.07) is 8.26. The lowest BCUT2D eigenvalue weighted by Crippen LogP contribution is -2.55. The summed E-state index contributed by atoms with van der Waals surface area (Å²) in [5, 5.41) is 0. The van der Waals surface area contributed by atoms with Crippen molar-refractivity contribution < 1.29 is 14.3 Å². The van der Waals surface area contributed by atoms with E-state index in [1.54, 1.807) is 0 Å². The molecule has 1 aliphatic carbocycles. The first-order valence-corrected chi connectivity index (χ1v) is 8.41. The number of carbonyl (C=O) groups is 2. The van der Waals surface area contributed by atoms with Gasteiger partial charge in [-0.05, 0) is 37.3 Å². The molecule has 3 aliphatic rings. The van der Waals surface area contributed by atoms with Gasteiger partial charge in [0, 0.05) is 18.5 Å². The zero-order valence-corrected chi connectivity index (χ0v) is 14.0. The number of amides is 1. The monoisotopic (exact) mass is 313 g/mol. The number of fused-ring (bicyclic) bond motifs is 3. The van der Waals surface area contributed by atoms with Gasteiger partial charge in [-0.1, -0.05) is 38.1 Å². The molecule has 1 amide bonds. The van der Waals surface area contributed by atoms with Crippen molar-refractivity contribution in [1.82, 2.24) is 4.90 Å². The van der Waals surface area contributed by atoms with Crippen LogP contribution in [0.2, 0.25) is 0 Å². The number of hydrogen-bond acceptors (Lipinski definition) is 3. The number of nitrogens with zero attached hydrogens (tertiary/aromatic N) is 1. The molecule has 0 aromatic heterocycles. The third-order valence-corrected chi connectivity index (χ3v) is 6.85. The third kappa shape index (κ3) is 1.62. The molecule has 4 nitrogen and oxygen atoms in total. The Labute approximate surface area is 136 Å². The van der Waals surface area contributed by atoms with E-state index in [2.05, 4.69) is 12.1 Å². The predicted molar refractivity (Wildman–Crippen MR) is 85.5 cm³/mol. The zero-order chi connectivity index (χ0) is 16.5. The van der Waals surface area contributed by atoms with Gasteiger partial charge in [-0.3, -0.25) is 9.59 Å². The van der Waals surface area contributed by atoms with Crippen LogP contribution in [0.5, 0.6) is 0 Å². The van der Waals surface area contributed by atoms with Crippen molar-refractivity contribution in [3.8, 4) is 0 Å². The highest BCUT2D eigenvalue weighted by Gasteiger charge is 2.76. The van der Waals surface area contributed by atoms with Crippen molar-refractivity contribution in [2.45, 2.75) is 52.2 Å². The lowest BCUT2D eigenvalue weighted by Gasteiger charge is -2.40. The van der Waals surface area contributed by atoms with Crippen LogP contribution in [0.3, 0.4) is 0 Å². The maximum atomic E-state index is 13.3. The Kier molecular flexibility index (Phi) is 2.80. The number of esters is 1. The largest absolute Gasteiger partial charge is 0.448 e. The Balaban J connectivity index is 1.67. The number of rotatable bonds is 1. The fourth-order valence-corrected chi connectivity index (χ4v) is 4.65.